The highest BCUT2D eigenvalue weighted by Crippen LogP contribution is 2.18. The van der Waals surface area contributed by atoms with E-state index >= 15 is 0 Å². The fraction of sp³-hybridized carbons (Fsp3) is 0.529. The lowest BCUT2D eigenvalue weighted by atomic mass is 10.1. The van der Waals surface area contributed by atoms with Gasteiger partial charge in [-0.3, -0.25) is 9.69 Å². The second-order valence-corrected chi connectivity index (χ2v) is 7.68. The number of aliphatic hydroxyl groups excluding tert-OH is 1. The van der Waals surface area contributed by atoms with E-state index in [4.69, 9.17) is 4.74 Å². The number of amides is 2. The predicted octanol–water partition coefficient (Wildman–Crippen LogP) is 2.50. The average molecular weight is 399 g/mol. The molecule has 7 heteroatoms. The van der Waals surface area contributed by atoms with Gasteiger partial charge in [0.25, 0.3) is 5.91 Å². The number of hydrogen-bond donors (Lipinski definition) is 1. The molecular weight excluding hydrogens is 376 g/mol. The molecule has 0 saturated carbocycles. The SMILES string of the molecule is CC(C)(C)OC(=O)N1CCN(C(=O)c2ccc(Br)cc2)C[C@@H]1CO. The van der Waals surface area contributed by atoms with Gasteiger partial charge in [-0.1, -0.05) is 15.9 Å². The largest absolute Gasteiger partial charge is 0.444 e. The van der Waals surface area contributed by atoms with Gasteiger partial charge in [-0.2, -0.15) is 0 Å². The first-order chi connectivity index (χ1) is 11.2. The van der Waals surface area contributed by atoms with Crippen molar-refractivity contribution >= 4 is 27.9 Å². The van der Waals surface area contributed by atoms with E-state index in [0.717, 1.165) is 4.47 Å². The van der Waals surface area contributed by atoms with Crippen molar-refractivity contribution in [2.24, 2.45) is 0 Å². The van der Waals surface area contributed by atoms with Crippen LogP contribution >= 0.6 is 15.9 Å². The second-order valence-electron chi connectivity index (χ2n) is 6.77. The van der Waals surface area contributed by atoms with Gasteiger partial charge in [0, 0.05) is 29.7 Å². The van der Waals surface area contributed by atoms with Gasteiger partial charge in [-0.05, 0) is 45.0 Å². The Balaban J connectivity index is 2.05. The highest BCUT2D eigenvalue weighted by atomic mass is 79.9. The maximum absolute atomic E-state index is 12.6. The van der Waals surface area contributed by atoms with E-state index in [9.17, 15) is 14.7 Å². The van der Waals surface area contributed by atoms with Crippen molar-refractivity contribution in [2.75, 3.05) is 26.2 Å². The average Bonchev–Trinajstić information content (AvgIpc) is 2.52. The highest BCUT2D eigenvalue weighted by molar-refractivity contribution is 9.10. The molecule has 1 atom stereocenters. The molecule has 0 aliphatic carbocycles. The lowest BCUT2D eigenvalue weighted by molar-refractivity contribution is -0.00984. The van der Waals surface area contributed by atoms with Gasteiger partial charge in [0.15, 0.2) is 0 Å². The zero-order valence-electron chi connectivity index (χ0n) is 14.2. The number of benzene rings is 1. The first-order valence-corrected chi connectivity index (χ1v) is 8.66. The molecule has 0 spiro atoms. The summed E-state index contributed by atoms with van der Waals surface area (Å²) in [4.78, 5) is 28.0. The number of aliphatic hydroxyl groups is 1. The number of carbonyl (C=O) groups is 2. The van der Waals surface area contributed by atoms with Crippen LogP contribution < -0.4 is 0 Å². The van der Waals surface area contributed by atoms with Crippen molar-refractivity contribution in [3.8, 4) is 0 Å². The number of ether oxygens (including phenoxy) is 1. The van der Waals surface area contributed by atoms with Gasteiger partial charge in [0.1, 0.15) is 5.60 Å². The van der Waals surface area contributed by atoms with Crippen LogP contribution in [0.5, 0.6) is 0 Å². The molecule has 1 aliphatic heterocycles. The smallest absolute Gasteiger partial charge is 0.410 e. The van der Waals surface area contributed by atoms with E-state index in [1.54, 1.807) is 37.8 Å². The Kier molecular flexibility index (Phi) is 5.87. The van der Waals surface area contributed by atoms with Crippen molar-refractivity contribution in [3.05, 3.63) is 34.3 Å². The lowest BCUT2D eigenvalue weighted by Gasteiger charge is -2.41. The molecule has 1 aromatic rings. The van der Waals surface area contributed by atoms with E-state index in [1.807, 2.05) is 12.1 Å². The molecule has 132 valence electrons. The molecule has 1 N–H and O–H groups in total. The monoisotopic (exact) mass is 398 g/mol. The Morgan fingerprint density at radius 3 is 2.42 bits per heavy atom. The summed E-state index contributed by atoms with van der Waals surface area (Å²) in [5.74, 6) is -0.107. The molecule has 24 heavy (non-hydrogen) atoms. The number of halogens is 1. The number of piperazine rings is 1. The van der Waals surface area contributed by atoms with Gasteiger partial charge < -0.3 is 14.7 Å². The van der Waals surface area contributed by atoms with Crippen LogP contribution in [0.15, 0.2) is 28.7 Å². The van der Waals surface area contributed by atoms with Crippen LogP contribution in [0.2, 0.25) is 0 Å². The van der Waals surface area contributed by atoms with Crippen LogP contribution in [-0.4, -0.2) is 64.8 Å². The van der Waals surface area contributed by atoms with Gasteiger partial charge in [-0.15, -0.1) is 0 Å². The van der Waals surface area contributed by atoms with Gasteiger partial charge >= 0.3 is 6.09 Å². The topological polar surface area (TPSA) is 70.1 Å². The first-order valence-electron chi connectivity index (χ1n) is 7.86. The van der Waals surface area contributed by atoms with Crippen LogP contribution in [0.1, 0.15) is 31.1 Å². The summed E-state index contributed by atoms with van der Waals surface area (Å²) in [6, 6.07) is 6.66. The second kappa shape index (κ2) is 7.53. The molecule has 0 aromatic heterocycles. The van der Waals surface area contributed by atoms with Crippen molar-refractivity contribution in [1.29, 1.82) is 0 Å². The first kappa shape index (κ1) is 18.7. The van der Waals surface area contributed by atoms with Crippen LogP contribution in [0.25, 0.3) is 0 Å². The summed E-state index contributed by atoms with van der Waals surface area (Å²) in [5.41, 5.74) is -0.0119. The fourth-order valence-electron chi connectivity index (χ4n) is 2.53. The number of hydrogen-bond acceptors (Lipinski definition) is 4. The molecule has 2 rings (SSSR count). The molecule has 1 saturated heterocycles. The Bertz CT molecular complexity index is 598. The molecule has 1 heterocycles. The maximum Gasteiger partial charge on any atom is 0.410 e. The third kappa shape index (κ3) is 4.70. The summed E-state index contributed by atoms with van der Waals surface area (Å²) >= 11 is 3.34. The quantitative estimate of drug-likeness (QED) is 0.830. The predicted molar refractivity (Wildman–Crippen MR) is 93.9 cm³/mol. The molecule has 0 radical (unpaired) electrons. The molecular formula is C17H23BrN2O4. The van der Waals surface area contributed by atoms with Gasteiger partial charge in [-0.25, -0.2) is 4.79 Å². The van der Waals surface area contributed by atoms with Crippen molar-refractivity contribution in [1.82, 2.24) is 9.80 Å². The van der Waals surface area contributed by atoms with Gasteiger partial charge in [0.05, 0.1) is 12.6 Å². The van der Waals surface area contributed by atoms with Crippen molar-refractivity contribution in [2.45, 2.75) is 32.4 Å². The van der Waals surface area contributed by atoms with Crippen LogP contribution in [0.4, 0.5) is 4.79 Å². The Hall–Kier alpha value is -1.60. The number of rotatable bonds is 2. The Morgan fingerprint density at radius 1 is 1.25 bits per heavy atom. The molecule has 1 fully saturated rings. The standard InChI is InChI=1S/C17H23BrN2O4/c1-17(2,3)24-16(23)20-9-8-19(10-14(20)11-21)15(22)12-4-6-13(18)7-5-12/h4-7,14,21H,8-11H2,1-3H3/t14-/m1/s1. The molecule has 2 amide bonds. The summed E-state index contributed by atoms with van der Waals surface area (Å²) in [5, 5.41) is 9.62. The van der Waals surface area contributed by atoms with Crippen LogP contribution in [0, 0.1) is 0 Å². The summed E-state index contributed by atoms with van der Waals surface area (Å²) in [7, 11) is 0. The Labute approximate surface area is 150 Å². The Morgan fingerprint density at radius 2 is 1.88 bits per heavy atom. The minimum Gasteiger partial charge on any atom is -0.444 e. The normalized spacial score (nSPS) is 18.5. The number of nitrogens with zero attached hydrogens (tertiary/aromatic N) is 2. The van der Waals surface area contributed by atoms with Crippen molar-refractivity contribution in [3.63, 3.8) is 0 Å². The third-order valence-corrected chi connectivity index (χ3v) is 4.23. The zero-order chi connectivity index (χ0) is 17.9. The van der Waals surface area contributed by atoms with E-state index in [-0.39, 0.29) is 19.1 Å². The van der Waals surface area contributed by atoms with Crippen LogP contribution in [0.3, 0.4) is 0 Å². The van der Waals surface area contributed by atoms with E-state index in [0.29, 0.717) is 18.7 Å². The fourth-order valence-corrected chi connectivity index (χ4v) is 2.80. The van der Waals surface area contributed by atoms with E-state index in [1.165, 1.54) is 4.90 Å². The highest BCUT2D eigenvalue weighted by Gasteiger charge is 2.34. The summed E-state index contributed by atoms with van der Waals surface area (Å²) in [6.45, 7) is 6.20. The van der Waals surface area contributed by atoms with Crippen LogP contribution in [-0.2, 0) is 4.74 Å². The summed E-state index contributed by atoms with van der Waals surface area (Å²) < 4.78 is 6.27. The minimum atomic E-state index is -0.596. The minimum absolute atomic E-state index is 0.107. The maximum atomic E-state index is 12.6. The molecule has 1 aromatic carbocycles. The molecule has 6 nitrogen and oxygen atoms in total. The summed E-state index contributed by atoms with van der Waals surface area (Å²) in [6.07, 6.45) is -0.461. The van der Waals surface area contributed by atoms with Gasteiger partial charge in [0.2, 0.25) is 0 Å². The lowest BCUT2D eigenvalue weighted by Crippen LogP contribution is -2.58. The molecule has 0 unspecified atom stereocenters. The van der Waals surface area contributed by atoms with Crippen molar-refractivity contribution < 1.29 is 19.4 Å². The van der Waals surface area contributed by atoms with E-state index < -0.39 is 17.7 Å². The molecule has 0 bridgehead atoms. The number of carbonyl (C=O) groups excluding carboxylic acids is 2. The zero-order valence-corrected chi connectivity index (χ0v) is 15.7. The molecule has 1 aliphatic rings. The van der Waals surface area contributed by atoms with E-state index in [2.05, 4.69) is 15.9 Å². The third-order valence-electron chi connectivity index (χ3n) is 3.70.